The molecule has 3 aromatic carbocycles. The fraction of sp³-hybridized carbons (Fsp3) is 0.207. The number of carbonyl (C=O) groups excluding carboxylic acids is 3. The third kappa shape index (κ3) is 6.72. The SMILES string of the molecule is O=C(COc1ccccc1)N[C@@H]1C(=O)N2C(C(=O)OCc3ccc([N+](=O)[O-])cc3)=C(SCc3ccccc3)CS[C@H]12. The largest absolute Gasteiger partial charge is 0.484 e. The molecule has 0 unspecified atom stereocenters. The molecule has 10 nitrogen and oxygen atoms in total. The summed E-state index contributed by atoms with van der Waals surface area (Å²) in [7, 11) is 0. The Labute approximate surface area is 244 Å². The van der Waals surface area contributed by atoms with Crippen molar-refractivity contribution < 1.29 is 28.8 Å². The van der Waals surface area contributed by atoms with E-state index in [9.17, 15) is 24.5 Å². The maximum Gasteiger partial charge on any atom is 0.356 e. The highest BCUT2D eigenvalue weighted by Gasteiger charge is 2.54. The maximum atomic E-state index is 13.4. The van der Waals surface area contributed by atoms with Crippen molar-refractivity contribution in [3.05, 3.63) is 117 Å². The van der Waals surface area contributed by atoms with Crippen molar-refractivity contribution in [1.29, 1.82) is 0 Å². The number of amides is 2. The third-order valence-corrected chi connectivity index (χ3v) is 8.96. The van der Waals surface area contributed by atoms with Crippen LogP contribution in [0.5, 0.6) is 5.75 Å². The normalized spacial score (nSPS) is 17.8. The molecule has 2 amide bonds. The number of hydrogen-bond acceptors (Lipinski definition) is 9. The number of non-ortho nitro benzene ring substituents is 1. The lowest BCUT2D eigenvalue weighted by Gasteiger charge is -2.49. The van der Waals surface area contributed by atoms with Gasteiger partial charge in [-0.1, -0.05) is 48.5 Å². The number of thioether (sulfide) groups is 2. The van der Waals surface area contributed by atoms with Gasteiger partial charge < -0.3 is 14.8 Å². The molecule has 0 saturated carbocycles. The lowest BCUT2D eigenvalue weighted by atomic mass is 10.1. The van der Waals surface area contributed by atoms with Gasteiger partial charge in [-0.2, -0.15) is 0 Å². The number of nitrogens with zero attached hydrogens (tertiary/aromatic N) is 2. The van der Waals surface area contributed by atoms with E-state index < -0.39 is 34.1 Å². The van der Waals surface area contributed by atoms with Crippen LogP contribution in [0.25, 0.3) is 0 Å². The lowest BCUT2D eigenvalue weighted by molar-refractivity contribution is -0.384. The minimum absolute atomic E-state index is 0.0667. The minimum atomic E-state index is -0.801. The Morgan fingerprint density at radius 1 is 1.00 bits per heavy atom. The van der Waals surface area contributed by atoms with Gasteiger partial charge in [-0.05, 0) is 35.4 Å². The number of nitro groups is 1. The number of nitro benzene ring substituents is 1. The van der Waals surface area contributed by atoms with Gasteiger partial charge in [0.2, 0.25) is 0 Å². The van der Waals surface area contributed by atoms with Gasteiger partial charge in [0.05, 0.1) is 4.92 Å². The Hall–Kier alpha value is -4.29. The molecule has 0 spiro atoms. The van der Waals surface area contributed by atoms with Crippen LogP contribution in [0.1, 0.15) is 11.1 Å². The Morgan fingerprint density at radius 3 is 2.37 bits per heavy atom. The standard InChI is InChI=1S/C29H25N3O7S2/c33-24(16-38-22-9-5-2-6-10-22)30-25-27(34)31-26(29(35)39-15-19-11-13-21(14-12-19)32(36)37)23(18-41-28(25)31)40-17-20-7-3-1-4-8-20/h1-14,25,28H,15-18H2,(H,30,33)/t25-,28-/m1/s1. The molecule has 0 aliphatic carbocycles. The van der Waals surface area contributed by atoms with Gasteiger partial charge in [0.25, 0.3) is 17.5 Å². The number of esters is 1. The van der Waals surface area contributed by atoms with Crippen LogP contribution in [0.3, 0.4) is 0 Å². The number of nitrogens with one attached hydrogen (secondary N) is 1. The molecule has 2 heterocycles. The number of carbonyl (C=O) groups is 3. The van der Waals surface area contributed by atoms with E-state index in [-0.39, 0.29) is 24.6 Å². The summed E-state index contributed by atoms with van der Waals surface area (Å²) in [5, 5.41) is 13.2. The first kappa shape index (κ1) is 28.2. The number of hydrogen-bond donors (Lipinski definition) is 1. The van der Waals surface area contributed by atoms with Gasteiger partial charge >= 0.3 is 5.97 Å². The first-order valence-corrected chi connectivity index (χ1v) is 14.7. The van der Waals surface area contributed by atoms with Crippen LogP contribution >= 0.6 is 23.5 Å². The third-order valence-electron chi connectivity index (χ3n) is 6.33. The van der Waals surface area contributed by atoms with Gasteiger partial charge in [-0.3, -0.25) is 24.6 Å². The molecule has 3 aromatic rings. The zero-order valence-corrected chi connectivity index (χ0v) is 23.3. The smallest absolute Gasteiger partial charge is 0.356 e. The quantitative estimate of drug-likeness (QED) is 0.151. The van der Waals surface area contributed by atoms with Crippen molar-refractivity contribution in [3.8, 4) is 5.75 Å². The lowest BCUT2D eigenvalue weighted by Crippen LogP contribution is -2.70. The number of fused-ring (bicyclic) bond motifs is 1. The van der Waals surface area contributed by atoms with Crippen molar-refractivity contribution in [2.24, 2.45) is 0 Å². The highest BCUT2D eigenvalue weighted by molar-refractivity contribution is 8.05. The van der Waals surface area contributed by atoms with E-state index >= 15 is 0 Å². The van der Waals surface area contributed by atoms with Crippen LogP contribution in [0.4, 0.5) is 5.69 Å². The van der Waals surface area contributed by atoms with Gasteiger partial charge in [0.1, 0.15) is 29.5 Å². The van der Waals surface area contributed by atoms with E-state index in [2.05, 4.69) is 5.32 Å². The second kappa shape index (κ2) is 12.9. The van der Waals surface area contributed by atoms with Crippen molar-refractivity contribution in [2.75, 3.05) is 12.4 Å². The van der Waals surface area contributed by atoms with Crippen LogP contribution < -0.4 is 10.1 Å². The fourth-order valence-corrected chi connectivity index (χ4v) is 6.83. The molecular weight excluding hydrogens is 566 g/mol. The highest BCUT2D eigenvalue weighted by atomic mass is 32.2. The first-order valence-electron chi connectivity index (χ1n) is 12.6. The number of ether oxygens (including phenoxy) is 2. The summed E-state index contributed by atoms with van der Waals surface area (Å²) in [5.41, 5.74) is 1.73. The molecule has 1 fully saturated rings. The molecule has 0 radical (unpaired) electrons. The summed E-state index contributed by atoms with van der Waals surface area (Å²) < 4.78 is 11.1. The maximum absolute atomic E-state index is 13.4. The molecule has 5 rings (SSSR count). The summed E-state index contributed by atoms with van der Waals surface area (Å²) in [6, 6.07) is 23.5. The second-order valence-electron chi connectivity index (χ2n) is 9.10. The monoisotopic (exact) mass is 591 g/mol. The minimum Gasteiger partial charge on any atom is -0.484 e. The molecule has 1 saturated heterocycles. The molecule has 0 bridgehead atoms. The summed E-state index contributed by atoms with van der Waals surface area (Å²) in [5.74, 6) is 0.0748. The summed E-state index contributed by atoms with van der Waals surface area (Å²) in [4.78, 5) is 51.7. The predicted octanol–water partition coefficient (Wildman–Crippen LogP) is 4.26. The van der Waals surface area contributed by atoms with E-state index in [0.717, 1.165) is 5.56 Å². The molecular formula is C29H25N3O7S2. The number of para-hydroxylation sites is 1. The van der Waals surface area contributed by atoms with Crippen LogP contribution in [0.2, 0.25) is 0 Å². The molecule has 0 aromatic heterocycles. The first-order chi connectivity index (χ1) is 19.9. The second-order valence-corrected chi connectivity index (χ2v) is 11.3. The van der Waals surface area contributed by atoms with Crippen LogP contribution in [-0.2, 0) is 31.5 Å². The molecule has 12 heteroatoms. The summed E-state index contributed by atoms with van der Waals surface area (Å²) >= 11 is 2.92. The van der Waals surface area contributed by atoms with Gasteiger partial charge in [-0.15, -0.1) is 23.5 Å². The molecule has 2 atom stereocenters. The highest BCUT2D eigenvalue weighted by Crippen LogP contribution is 2.44. The zero-order valence-electron chi connectivity index (χ0n) is 21.6. The summed E-state index contributed by atoms with van der Waals surface area (Å²) in [6.45, 7) is -0.364. The van der Waals surface area contributed by atoms with Crippen LogP contribution in [0.15, 0.2) is 95.5 Å². The van der Waals surface area contributed by atoms with Gasteiger partial charge in [0.15, 0.2) is 6.61 Å². The average molecular weight is 592 g/mol. The number of β-lactam (4-membered cyclic amide) rings is 1. The van der Waals surface area contributed by atoms with E-state index in [1.54, 1.807) is 24.3 Å². The van der Waals surface area contributed by atoms with E-state index in [0.29, 0.717) is 27.7 Å². The Bertz CT molecular complexity index is 1470. The van der Waals surface area contributed by atoms with Crippen molar-refractivity contribution in [3.63, 3.8) is 0 Å². The van der Waals surface area contributed by atoms with Gasteiger partial charge in [-0.25, -0.2) is 4.79 Å². The number of benzene rings is 3. The molecule has 1 N–H and O–H groups in total. The van der Waals surface area contributed by atoms with Crippen molar-refractivity contribution in [1.82, 2.24) is 10.2 Å². The Kier molecular flexibility index (Phi) is 8.90. The van der Waals surface area contributed by atoms with Crippen molar-refractivity contribution in [2.45, 2.75) is 23.8 Å². The van der Waals surface area contributed by atoms with E-state index in [1.165, 1.54) is 52.7 Å². The zero-order chi connectivity index (χ0) is 28.8. The molecule has 41 heavy (non-hydrogen) atoms. The van der Waals surface area contributed by atoms with Gasteiger partial charge in [0, 0.05) is 28.5 Å². The predicted molar refractivity (Wildman–Crippen MR) is 155 cm³/mol. The topological polar surface area (TPSA) is 128 Å². The number of rotatable bonds is 11. The summed E-state index contributed by atoms with van der Waals surface area (Å²) in [6.07, 6.45) is 0. The molecule has 2 aliphatic rings. The fourth-order valence-electron chi connectivity index (χ4n) is 4.25. The van der Waals surface area contributed by atoms with Crippen LogP contribution in [-0.4, -0.2) is 51.4 Å². The van der Waals surface area contributed by atoms with Crippen molar-refractivity contribution >= 4 is 47.0 Å². The molecule has 2 aliphatic heterocycles. The Balaban J connectivity index is 1.28. The van der Waals surface area contributed by atoms with E-state index in [1.807, 2.05) is 36.4 Å². The average Bonchev–Trinajstić information content (AvgIpc) is 3.01. The molecule has 210 valence electrons. The van der Waals surface area contributed by atoms with E-state index in [4.69, 9.17) is 9.47 Å². The van der Waals surface area contributed by atoms with Crippen LogP contribution in [0, 0.1) is 10.1 Å². The Morgan fingerprint density at radius 2 is 1.68 bits per heavy atom.